The molecule has 0 saturated carbocycles. The second kappa shape index (κ2) is 4.25. The first kappa shape index (κ1) is 12.3. The third-order valence-corrected chi connectivity index (χ3v) is 3.06. The molecule has 18 heavy (non-hydrogen) atoms. The van der Waals surface area contributed by atoms with E-state index in [1.807, 2.05) is 0 Å². The summed E-state index contributed by atoms with van der Waals surface area (Å²) in [5.74, 6) is 0.738. The third kappa shape index (κ3) is 1.99. The molecule has 0 amide bonds. The normalized spacial score (nSPS) is 23.2. The fraction of sp³-hybridized carbons (Fsp3) is 0.308. The second-order valence-corrected chi connectivity index (χ2v) is 4.40. The molecule has 0 aliphatic heterocycles. The largest absolute Gasteiger partial charge is 0.512 e. The lowest BCUT2D eigenvalue weighted by Crippen LogP contribution is -2.28. The molecule has 0 radical (unpaired) electrons. The molecule has 0 saturated heterocycles. The van der Waals surface area contributed by atoms with Gasteiger partial charge in [0.2, 0.25) is 0 Å². The van der Waals surface area contributed by atoms with Crippen molar-refractivity contribution in [3.8, 4) is 5.75 Å². The van der Waals surface area contributed by atoms with Crippen LogP contribution in [0.1, 0.15) is 19.1 Å². The first-order valence-corrected chi connectivity index (χ1v) is 5.44. The summed E-state index contributed by atoms with van der Waals surface area (Å²) < 4.78 is 10.1. The number of hydrogen-bond donors (Lipinski definition) is 2. The predicted octanol–water partition coefficient (Wildman–Crippen LogP) is 2.19. The minimum atomic E-state index is -0.966. The number of methoxy groups -OCH3 is 1. The van der Waals surface area contributed by atoms with Crippen LogP contribution in [0.15, 0.2) is 45.0 Å². The SMILES string of the molecule is COc1cc(C2(C)CC(O)=CC=C2O)oc(=O)c1. The van der Waals surface area contributed by atoms with Crippen molar-refractivity contribution < 1.29 is 19.4 Å². The topological polar surface area (TPSA) is 79.9 Å². The van der Waals surface area contributed by atoms with Crippen molar-refractivity contribution >= 4 is 0 Å². The zero-order valence-corrected chi connectivity index (χ0v) is 10.1. The molecule has 1 aliphatic carbocycles. The maximum atomic E-state index is 11.4. The summed E-state index contributed by atoms with van der Waals surface area (Å²) in [7, 11) is 1.44. The molecule has 1 aliphatic rings. The van der Waals surface area contributed by atoms with E-state index in [0.29, 0.717) is 5.75 Å². The maximum absolute atomic E-state index is 11.4. The van der Waals surface area contributed by atoms with E-state index in [-0.39, 0.29) is 23.7 Å². The summed E-state index contributed by atoms with van der Waals surface area (Å²) >= 11 is 0. The van der Waals surface area contributed by atoms with Gasteiger partial charge in [0.05, 0.1) is 24.4 Å². The Hall–Kier alpha value is -2.17. The number of ether oxygens (including phenoxy) is 1. The molecule has 5 nitrogen and oxygen atoms in total. The summed E-state index contributed by atoms with van der Waals surface area (Å²) in [6.45, 7) is 1.68. The average Bonchev–Trinajstić information content (AvgIpc) is 2.33. The minimum Gasteiger partial charge on any atom is -0.512 e. The first-order chi connectivity index (χ1) is 8.45. The quantitative estimate of drug-likeness (QED) is 0.841. The second-order valence-electron chi connectivity index (χ2n) is 4.40. The Balaban J connectivity index is 2.54. The van der Waals surface area contributed by atoms with Gasteiger partial charge >= 0.3 is 5.63 Å². The van der Waals surface area contributed by atoms with Crippen molar-refractivity contribution in [1.29, 1.82) is 0 Å². The smallest absolute Gasteiger partial charge is 0.339 e. The van der Waals surface area contributed by atoms with Gasteiger partial charge in [-0.05, 0) is 19.1 Å². The summed E-state index contributed by atoms with van der Waals surface area (Å²) in [6.07, 6.45) is 2.96. The number of allylic oxidation sites excluding steroid dienone is 4. The van der Waals surface area contributed by atoms with Gasteiger partial charge in [-0.2, -0.15) is 0 Å². The van der Waals surface area contributed by atoms with E-state index in [1.165, 1.54) is 31.4 Å². The molecular formula is C13H14O5. The average molecular weight is 250 g/mol. The van der Waals surface area contributed by atoms with Gasteiger partial charge in [-0.15, -0.1) is 0 Å². The molecule has 1 aromatic heterocycles. The van der Waals surface area contributed by atoms with Crippen molar-refractivity contribution in [1.82, 2.24) is 0 Å². The molecule has 1 atom stereocenters. The van der Waals surface area contributed by atoms with Gasteiger partial charge in [0.1, 0.15) is 17.3 Å². The van der Waals surface area contributed by atoms with Crippen LogP contribution in [0.5, 0.6) is 5.75 Å². The Kier molecular flexibility index (Phi) is 2.90. The summed E-state index contributed by atoms with van der Waals surface area (Å²) in [4.78, 5) is 11.4. The highest BCUT2D eigenvalue weighted by atomic mass is 16.5. The Labute approximate surface area is 104 Å². The first-order valence-electron chi connectivity index (χ1n) is 5.44. The van der Waals surface area contributed by atoms with Crippen LogP contribution in [0, 0.1) is 0 Å². The highest BCUT2D eigenvalue weighted by molar-refractivity contribution is 5.36. The highest BCUT2D eigenvalue weighted by Crippen LogP contribution is 2.39. The van der Waals surface area contributed by atoms with Gasteiger partial charge in [0.15, 0.2) is 0 Å². The molecule has 1 heterocycles. The lowest BCUT2D eigenvalue weighted by atomic mass is 9.78. The lowest BCUT2D eigenvalue weighted by molar-refractivity contribution is 0.231. The summed E-state index contributed by atoms with van der Waals surface area (Å²) in [6, 6.07) is 2.75. The monoisotopic (exact) mass is 250 g/mol. The van der Waals surface area contributed by atoms with E-state index in [4.69, 9.17) is 9.15 Å². The van der Waals surface area contributed by atoms with Gasteiger partial charge in [-0.3, -0.25) is 0 Å². The minimum absolute atomic E-state index is 0.0247. The Bertz CT molecular complexity index is 581. The molecule has 0 aromatic carbocycles. The summed E-state index contributed by atoms with van der Waals surface area (Å²) in [5, 5.41) is 19.5. The number of aliphatic hydroxyl groups excluding tert-OH is 2. The third-order valence-electron chi connectivity index (χ3n) is 3.06. The fourth-order valence-corrected chi connectivity index (χ4v) is 1.93. The van der Waals surface area contributed by atoms with E-state index in [1.54, 1.807) is 6.92 Å². The van der Waals surface area contributed by atoms with E-state index in [0.717, 1.165) is 0 Å². The predicted molar refractivity (Wildman–Crippen MR) is 64.9 cm³/mol. The van der Waals surface area contributed by atoms with Crippen LogP contribution in [-0.4, -0.2) is 17.3 Å². The molecule has 0 spiro atoms. The van der Waals surface area contributed by atoms with Crippen LogP contribution in [0.4, 0.5) is 0 Å². The van der Waals surface area contributed by atoms with Crippen LogP contribution in [-0.2, 0) is 5.41 Å². The van der Waals surface area contributed by atoms with Gasteiger partial charge in [-0.1, -0.05) is 0 Å². The Morgan fingerprint density at radius 1 is 1.33 bits per heavy atom. The number of hydrogen-bond acceptors (Lipinski definition) is 5. The Morgan fingerprint density at radius 2 is 2.06 bits per heavy atom. The van der Waals surface area contributed by atoms with Crippen molar-refractivity contribution in [2.45, 2.75) is 18.8 Å². The highest BCUT2D eigenvalue weighted by Gasteiger charge is 2.37. The summed E-state index contributed by atoms with van der Waals surface area (Å²) in [5.41, 5.74) is -1.53. The fourth-order valence-electron chi connectivity index (χ4n) is 1.93. The van der Waals surface area contributed by atoms with Gasteiger partial charge in [0.25, 0.3) is 0 Å². The molecule has 1 unspecified atom stereocenters. The van der Waals surface area contributed by atoms with Gasteiger partial charge in [-0.25, -0.2) is 4.79 Å². The lowest BCUT2D eigenvalue weighted by Gasteiger charge is -2.29. The maximum Gasteiger partial charge on any atom is 0.339 e. The standard InChI is InChI=1S/C13H14O5/c1-13(7-8(14)3-4-10(13)15)11-5-9(17-2)6-12(16)18-11/h3-6,14-15H,7H2,1-2H3. The molecule has 1 aromatic rings. The zero-order valence-electron chi connectivity index (χ0n) is 10.1. The Morgan fingerprint density at radius 3 is 2.72 bits per heavy atom. The van der Waals surface area contributed by atoms with Crippen molar-refractivity contribution in [2.24, 2.45) is 0 Å². The van der Waals surface area contributed by atoms with Crippen molar-refractivity contribution in [3.63, 3.8) is 0 Å². The molecule has 0 bridgehead atoms. The zero-order chi connectivity index (χ0) is 13.3. The van der Waals surface area contributed by atoms with Crippen LogP contribution in [0.3, 0.4) is 0 Å². The van der Waals surface area contributed by atoms with Crippen molar-refractivity contribution in [3.05, 3.63) is 52.0 Å². The van der Waals surface area contributed by atoms with Crippen molar-refractivity contribution in [2.75, 3.05) is 7.11 Å². The van der Waals surface area contributed by atoms with Gasteiger partial charge in [0, 0.05) is 12.5 Å². The van der Waals surface area contributed by atoms with Crippen LogP contribution < -0.4 is 10.4 Å². The van der Waals surface area contributed by atoms with Crippen LogP contribution in [0.2, 0.25) is 0 Å². The molecular weight excluding hydrogens is 236 g/mol. The van der Waals surface area contributed by atoms with E-state index in [9.17, 15) is 15.0 Å². The van der Waals surface area contributed by atoms with E-state index >= 15 is 0 Å². The molecule has 96 valence electrons. The van der Waals surface area contributed by atoms with E-state index in [2.05, 4.69) is 0 Å². The molecule has 2 N–H and O–H groups in total. The molecule has 2 rings (SSSR count). The van der Waals surface area contributed by atoms with Gasteiger partial charge < -0.3 is 19.4 Å². The van der Waals surface area contributed by atoms with Crippen LogP contribution >= 0.6 is 0 Å². The molecule has 5 heteroatoms. The van der Waals surface area contributed by atoms with E-state index < -0.39 is 11.0 Å². The molecule has 0 fully saturated rings. The number of rotatable bonds is 2. The number of aliphatic hydroxyl groups is 2. The van der Waals surface area contributed by atoms with Crippen LogP contribution in [0.25, 0.3) is 0 Å².